The van der Waals surface area contributed by atoms with E-state index < -0.39 is 5.97 Å². The van der Waals surface area contributed by atoms with E-state index in [1.807, 2.05) is 36.4 Å². The number of allylic oxidation sites excluding steroid dienone is 2. The molecular weight excluding hydrogens is 300 g/mol. The molecule has 0 unspecified atom stereocenters. The summed E-state index contributed by atoms with van der Waals surface area (Å²) in [5.74, 6) is -0.0412. The Balaban J connectivity index is 1.82. The lowest BCUT2D eigenvalue weighted by Crippen LogP contribution is -1.97. The molecule has 0 aromatic heterocycles. The van der Waals surface area contributed by atoms with E-state index in [-0.39, 0.29) is 0 Å². The van der Waals surface area contributed by atoms with Gasteiger partial charge in [0.1, 0.15) is 5.75 Å². The molecule has 3 nitrogen and oxygen atoms in total. The second-order valence-electron chi connectivity index (χ2n) is 5.63. The maximum absolute atomic E-state index is 10.9. The number of unbranched alkanes of at least 4 members (excludes halogenated alkanes) is 2. The molecule has 0 spiro atoms. The van der Waals surface area contributed by atoms with Gasteiger partial charge in [-0.15, -0.1) is 0 Å². The van der Waals surface area contributed by atoms with Crippen LogP contribution in [0.5, 0.6) is 5.75 Å². The van der Waals surface area contributed by atoms with Crippen LogP contribution in [0.4, 0.5) is 0 Å². The van der Waals surface area contributed by atoms with Crippen molar-refractivity contribution in [2.45, 2.75) is 32.6 Å². The maximum Gasteiger partial charge on any atom is 0.335 e. The van der Waals surface area contributed by atoms with Gasteiger partial charge in [0.25, 0.3) is 0 Å². The highest BCUT2D eigenvalue weighted by molar-refractivity contribution is 5.88. The van der Waals surface area contributed by atoms with Crippen molar-refractivity contribution >= 4 is 5.97 Å². The lowest BCUT2D eigenvalue weighted by Gasteiger charge is -2.07. The molecule has 0 bridgehead atoms. The first-order valence-corrected chi connectivity index (χ1v) is 8.42. The summed E-state index contributed by atoms with van der Waals surface area (Å²) in [4.78, 5) is 10.9. The van der Waals surface area contributed by atoms with Crippen LogP contribution < -0.4 is 4.74 Å². The molecule has 0 aliphatic heterocycles. The van der Waals surface area contributed by atoms with Crippen molar-refractivity contribution in [2.24, 2.45) is 0 Å². The largest absolute Gasteiger partial charge is 0.494 e. The van der Waals surface area contributed by atoms with E-state index in [2.05, 4.69) is 19.1 Å². The van der Waals surface area contributed by atoms with Gasteiger partial charge in [0, 0.05) is 0 Å². The van der Waals surface area contributed by atoms with E-state index in [1.165, 1.54) is 0 Å². The third kappa shape index (κ3) is 5.58. The fourth-order valence-electron chi connectivity index (χ4n) is 2.39. The molecule has 0 aliphatic rings. The first-order chi connectivity index (χ1) is 11.7. The number of hydrogen-bond acceptors (Lipinski definition) is 2. The Morgan fingerprint density at radius 3 is 2.17 bits per heavy atom. The van der Waals surface area contributed by atoms with Crippen LogP contribution >= 0.6 is 0 Å². The molecule has 126 valence electrons. The molecule has 1 N–H and O–H groups in total. The SMILES string of the molecule is CCC=CCCCCOc1ccc(-c2ccc(C(=O)O)cc2)cc1. The van der Waals surface area contributed by atoms with Crippen molar-refractivity contribution in [2.75, 3.05) is 6.61 Å². The number of carbonyl (C=O) groups is 1. The number of ether oxygens (including phenoxy) is 1. The first-order valence-electron chi connectivity index (χ1n) is 8.42. The number of aromatic carboxylic acids is 1. The van der Waals surface area contributed by atoms with Gasteiger partial charge in [-0.05, 0) is 61.1 Å². The molecule has 24 heavy (non-hydrogen) atoms. The van der Waals surface area contributed by atoms with Crippen LogP contribution in [0, 0.1) is 0 Å². The van der Waals surface area contributed by atoms with Gasteiger partial charge < -0.3 is 9.84 Å². The molecule has 2 aromatic rings. The van der Waals surface area contributed by atoms with E-state index in [9.17, 15) is 4.79 Å². The van der Waals surface area contributed by atoms with Crippen LogP contribution in [-0.4, -0.2) is 17.7 Å². The molecule has 2 rings (SSSR count). The van der Waals surface area contributed by atoms with Crippen molar-refractivity contribution in [1.82, 2.24) is 0 Å². The van der Waals surface area contributed by atoms with Crippen LogP contribution in [0.15, 0.2) is 60.7 Å². The zero-order chi connectivity index (χ0) is 17.2. The van der Waals surface area contributed by atoms with E-state index in [0.29, 0.717) is 5.56 Å². The zero-order valence-electron chi connectivity index (χ0n) is 14.1. The average molecular weight is 324 g/mol. The normalized spacial score (nSPS) is 10.9. The summed E-state index contributed by atoms with van der Waals surface area (Å²) < 4.78 is 5.75. The van der Waals surface area contributed by atoms with Gasteiger partial charge in [0.05, 0.1) is 12.2 Å². The predicted octanol–water partition coefficient (Wildman–Crippen LogP) is 5.57. The Morgan fingerprint density at radius 2 is 1.58 bits per heavy atom. The molecule has 2 aromatic carbocycles. The highest BCUT2D eigenvalue weighted by Gasteiger charge is 2.03. The Morgan fingerprint density at radius 1 is 0.958 bits per heavy atom. The Bertz CT molecular complexity index is 654. The first kappa shape index (κ1) is 17.8. The third-order valence-electron chi connectivity index (χ3n) is 3.76. The number of hydrogen-bond donors (Lipinski definition) is 1. The lowest BCUT2D eigenvalue weighted by molar-refractivity contribution is 0.0697. The summed E-state index contributed by atoms with van der Waals surface area (Å²) in [6.07, 6.45) is 8.83. The van der Waals surface area contributed by atoms with Gasteiger partial charge in [0.15, 0.2) is 0 Å². The molecule has 0 fully saturated rings. The average Bonchev–Trinajstić information content (AvgIpc) is 2.61. The minimum atomic E-state index is -0.907. The molecule has 0 aliphatic carbocycles. The van der Waals surface area contributed by atoms with Gasteiger partial charge in [-0.3, -0.25) is 0 Å². The minimum Gasteiger partial charge on any atom is -0.494 e. The second kappa shape index (κ2) is 9.56. The minimum absolute atomic E-state index is 0.299. The molecule has 0 radical (unpaired) electrons. The monoisotopic (exact) mass is 324 g/mol. The summed E-state index contributed by atoms with van der Waals surface area (Å²) in [7, 11) is 0. The van der Waals surface area contributed by atoms with Crippen molar-refractivity contribution in [3.05, 3.63) is 66.2 Å². The fourth-order valence-corrected chi connectivity index (χ4v) is 2.39. The number of carboxylic acid groups (broad SMARTS) is 1. The van der Waals surface area contributed by atoms with E-state index in [1.54, 1.807) is 12.1 Å². The van der Waals surface area contributed by atoms with Crippen LogP contribution in [0.2, 0.25) is 0 Å². The molecule has 0 heterocycles. The van der Waals surface area contributed by atoms with Crippen LogP contribution in [0.25, 0.3) is 11.1 Å². The van der Waals surface area contributed by atoms with Crippen molar-refractivity contribution < 1.29 is 14.6 Å². The summed E-state index contributed by atoms with van der Waals surface area (Å²) in [5, 5.41) is 8.93. The van der Waals surface area contributed by atoms with Crippen LogP contribution in [0.3, 0.4) is 0 Å². The van der Waals surface area contributed by atoms with Crippen LogP contribution in [0.1, 0.15) is 43.0 Å². The molecular formula is C21H24O3. The number of rotatable bonds is 9. The third-order valence-corrected chi connectivity index (χ3v) is 3.76. The summed E-state index contributed by atoms with van der Waals surface area (Å²) in [6.45, 7) is 2.87. The number of carboxylic acids is 1. The Labute approximate surface area is 143 Å². The molecule has 3 heteroatoms. The van der Waals surface area contributed by atoms with Gasteiger partial charge in [-0.2, -0.15) is 0 Å². The Kier molecular flexibility index (Phi) is 7.09. The predicted molar refractivity (Wildman–Crippen MR) is 97.6 cm³/mol. The van der Waals surface area contributed by atoms with Gasteiger partial charge in [0.2, 0.25) is 0 Å². The highest BCUT2D eigenvalue weighted by atomic mass is 16.5. The molecule has 0 saturated heterocycles. The van der Waals surface area contributed by atoms with E-state index in [0.717, 1.165) is 49.2 Å². The van der Waals surface area contributed by atoms with Crippen molar-refractivity contribution in [1.29, 1.82) is 0 Å². The lowest BCUT2D eigenvalue weighted by atomic mass is 10.0. The maximum atomic E-state index is 10.9. The summed E-state index contributed by atoms with van der Waals surface area (Å²) in [6, 6.07) is 14.8. The summed E-state index contributed by atoms with van der Waals surface area (Å²) in [5.41, 5.74) is 2.34. The van der Waals surface area contributed by atoms with Gasteiger partial charge >= 0.3 is 5.97 Å². The Hall–Kier alpha value is -2.55. The molecule has 0 atom stereocenters. The topological polar surface area (TPSA) is 46.5 Å². The van der Waals surface area contributed by atoms with Crippen LogP contribution in [-0.2, 0) is 0 Å². The fraction of sp³-hybridized carbons (Fsp3) is 0.286. The zero-order valence-corrected chi connectivity index (χ0v) is 14.1. The second-order valence-corrected chi connectivity index (χ2v) is 5.63. The van der Waals surface area contributed by atoms with Gasteiger partial charge in [-0.1, -0.05) is 43.3 Å². The standard InChI is InChI=1S/C21H24O3/c1-2-3-4-5-6-7-16-24-20-14-12-18(13-15-20)17-8-10-19(11-9-17)21(22)23/h3-4,8-15H,2,5-7,16H2,1H3,(H,22,23). The van der Waals surface area contributed by atoms with Crippen molar-refractivity contribution in [3.8, 4) is 16.9 Å². The smallest absolute Gasteiger partial charge is 0.335 e. The van der Waals surface area contributed by atoms with E-state index >= 15 is 0 Å². The van der Waals surface area contributed by atoms with E-state index in [4.69, 9.17) is 9.84 Å². The summed E-state index contributed by atoms with van der Waals surface area (Å²) >= 11 is 0. The number of benzene rings is 2. The quantitative estimate of drug-likeness (QED) is 0.484. The van der Waals surface area contributed by atoms with Gasteiger partial charge in [-0.25, -0.2) is 4.79 Å². The molecule has 0 amide bonds. The molecule has 0 saturated carbocycles. The highest BCUT2D eigenvalue weighted by Crippen LogP contribution is 2.23. The van der Waals surface area contributed by atoms with Crippen molar-refractivity contribution in [3.63, 3.8) is 0 Å².